The van der Waals surface area contributed by atoms with E-state index in [-0.39, 0.29) is 11.4 Å². The molecule has 0 saturated carbocycles. The Morgan fingerprint density at radius 2 is 2.05 bits per heavy atom. The fourth-order valence-electron chi connectivity index (χ4n) is 1.66. The maximum Gasteiger partial charge on any atom is 0.241 e. The molecule has 0 bridgehead atoms. The maximum atomic E-state index is 12.2. The summed E-state index contributed by atoms with van der Waals surface area (Å²) in [4.78, 5) is 1.10. The summed E-state index contributed by atoms with van der Waals surface area (Å²) < 4.78 is 27.5. The Kier molecular flexibility index (Phi) is 4.15. The lowest BCUT2D eigenvalue weighted by molar-refractivity contribution is 0.581. The number of nitrogens with two attached hydrogens (primary N) is 1. The van der Waals surface area contributed by atoms with Gasteiger partial charge in [0.1, 0.15) is 0 Å². The van der Waals surface area contributed by atoms with E-state index in [1.165, 1.54) is 17.4 Å². The molecule has 0 aliphatic heterocycles. The fourth-order valence-corrected chi connectivity index (χ4v) is 4.01. The van der Waals surface area contributed by atoms with E-state index < -0.39 is 10.0 Å². The van der Waals surface area contributed by atoms with E-state index in [0.29, 0.717) is 15.6 Å². The molecule has 4 nitrogen and oxygen atoms in total. The zero-order valence-corrected chi connectivity index (χ0v) is 12.6. The van der Waals surface area contributed by atoms with Crippen LogP contribution < -0.4 is 10.5 Å². The lowest BCUT2D eigenvalue weighted by Gasteiger charge is -2.09. The number of anilines is 1. The standard InChI is InChI=1S/C12H13ClN2O2S2/c1-8-6-9(14)2-4-11(8)19(16,17)15-7-10-3-5-12(13)18-10/h2-6,15H,7,14H2,1H3. The monoisotopic (exact) mass is 316 g/mol. The van der Waals surface area contributed by atoms with Gasteiger partial charge in [-0.2, -0.15) is 0 Å². The van der Waals surface area contributed by atoms with Crippen LogP contribution in [-0.4, -0.2) is 8.42 Å². The van der Waals surface area contributed by atoms with Gasteiger partial charge in [0, 0.05) is 17.1 Å². The van der Waals surface area contributed by atoms with Crippen molar-refractivity contribution in [3.8, 4) is 0 Å². The van der Waals surface area contributed by atoms with Crippen molar-refractivity contribution >= 4 is 38.6 Å². The normalized spacial score (nSPS) is 11.7. The van der Waals surface area contributed by atoms with Gasteiger partial charge in [0.25, 0.3) is 0 Å². The molecule has 2 aromatic rings. The highest BCUT2D eigenvalue weighted by Crippen LogP contribution is 2.22. The largest absolute Gasteiger partial charge is 0.399 e. The molecule has 1 aromatic carbocycles. The summed E-state index contributed by atoms with van der Waals surface area (Å²) in [6.07, 6.45) is 0. The third-order valence-electron chi connectivity index (χ3n) is 2.55. The topological polar surface area (TPSA) is 72.2 Å². The highest BCUT2D eigenvalue weighted by atomic mass is 35.5. The Labute approximate surface area is 121 Å². The van der Waals surface area contributed by atoms with E-state index in [0.717, 1.165) is 4.88 Å². The molecular weight excluding hydrogens is 304 g/mol. The molecule has 3 N–H and O–H groups in total. The lowest BCUT2D eigenvalue weighted by atomic mass is 10.2. The summed E-state index contributed by atoms with van der Waals surface area (Å²) in [7, 11) is -3.54. The first-order valence-corrected chi connectivity index (χ1v) is 8.16. The summed E-state index contributed by atoms with van der Waals surface area (Å²) in [5.74, 6) is 0. The Hall–Kier alpha value is -1.08. The highest BCUT2D eigenvalue weighted by molar-refractivity contribution is 7.89. The quantitative estimate of drug-likeness (QED) is 0.852. The van der Waals surface area contributed by atoms with Gasteiger partial charge < -0.3 is 5.73 Å². The van der Waals surface area contributed by atoms with Crippen molar-refractivity contribution in [2.75, 3.05) is 5.73 Å². The number of benzene rings is 1. The SMILES string of the molecule is Cc1cc(N)ccc1S(=O)(=O)NCc1ccc(Cl)s1. The van der Waals surface area contributed by atoms with Gasteiger partial charge in [-0.3, -0.25) is 0 Å². The predicted octanol–water partition coefficient (Wildman–Crippen LogP) is 2.77. The van der Waals surface area contributed by atoms with Gasteiger partial charge in [0.05, 0.1) is 9.23 Å². The van der Waals surface area contributed by atoms with Crippen LogP contribution in [0.4, 0.5) is 5.69 Å². The lowest BCUT2D eigenvalue weighted by Crippen LogP contribution is -2.23. The zero-order valence-electron chi connectivity index (χ0n) is 10.2. The Morgan fingerprint density at radius 3 is 2.63 bits per heavy atom. The summed E-state index contributed by atoms with van der Waals surface area (Å²) in [6, 6.07) is 8.25. The molecule has 1 aromatic heterocycles. The van der Waals surface area contributed by atoms with Gasteiger partial charge >= 0.3 is 0 Å². The minimum atomic E-state index is -3.54. The molecule has 0 saturated heterocycles. The molecule has 102 valence electrons. The fraction of sp³-hybridized carbons (Fsp3) is 0.167. The van der Waals surface area contributed by atoms with Crippen LogP contribution in [0.5, 0.6) is 0 Å². The van der Waals surface area contributed by atoms with E-state index in [1.807, 2.05) is 0 Å². The molecule has 1 heterocycles. The number of hydrogen-bond acceptors (Lipinski definition) is 4. The third kappa shape index (κ3) is 3.48. The minimum absolute atomic E-state index is 0.226. The number of rotatable bonds is 4. The molecule has 0 aliphatic carbocycles. The molecule has 0 unspecified atom stereocenters. The first-order valence-electron chi connectivity index (χ1n) is 5.48. The number of sulfonamides is 1. The molecule has 19 heavy (non-hydrogen) atoms. The minimum Gasteiger partial charge on any atom is -0.399 e. The van der Waals surface area contributed by atoms with E-state index in [9.17, 15) is 8.42 Å². The van der Waals surface area contributed by atoms with E-state index >= 15 is 0 Å². The van der Waals surface area contributed by atoms with Crippen LogP contribution in [0.1, 0.15) is 10.4 Å². The maximum absolute atomic E-state index is 12.2. The molecule has 0 fully saturated rings. The molecule has 0 amide bonds. The van der Waals surface area contributed by atoms with Gasteiger partial charge in [-0.15, -0.1) is 11.3 Å². The third-order valence-corrected chi connectivity index (χ3v) is 5.35. The van der Waals surface area contributed by atoms with Crippen molar-refractivity contribution in [1.82, 2.24) is 4.72 Å². The van der Waals surface area contributed by atoms with Gasteiger partial charge in [-0.05, 0) is 42.8 Å². The van der Waals surface area contributed by atoms with Crippen molar-refractivity contribution in [3.63, 3.8) is 0 Å². The summed E-state index contributed by atoms with van der Waals surface area (Å²) in [5.41, 5.74) is 6.78. The zero-order chi connectivity index (χ0) is 14.0. The second-order valence-electron chi connectivity index (χ2n) is 4.06. The molecule has 0 atom stereocenters. The summed E-state index contributed by atoms with van der Waals surface area (Å²) in [6.45, 7) is 1.94. The van der Waals surface area contributed by atoms with Crippen LogP contribution in [0.15, 0.2) is 35.2 Å². The van der Waals surface area contributed by atoms with Crippen LogP contribution in [0.3, 0.4) is 0 Å². The number of hydrogen-bond donors (Lipinski definition) is 2. The van der Waals surface area contributed by atoms with Gasteiger partial charge in [0.15, 0.2) is 0 Å². The number of halogens is 1. The van der Waals surface area contributed by atoms with Crippen molar-refractivity contribution in [2.45, 2.75) is 18.4 Å². The van der Waals surface area contributed by atoms with Gasteiger partial charge in [0.2, 0.25) is 10.0 Å². The molecule has 7 heteroatoms. The second-order valence-corrected chi connectivity index (χ2v) is 7.59. The summed E-state index contributed by atoms with van der Waals surface area (Å²) >= 11 is 7.15. The molecule has 2 rings (SSSR count). The van der Waals surface area contributed by atoms with Crippen LogP contribution in [0, 0.1) is 6.92 Å². The molecule has 0 aliphatic rings. The van der Waals surface area contributed by atoms with Gasteiger partial charge in [-0.1, -0.05) is 11.6 Å². The van der Waals surface area contributed by atoms with Crippen molar-refractivity contribution in [1.29, 1.82) is 0 Å². The van der Waals surface area contributed by atoms with E-state index in [2.05, 4.69) is 4.72 Å². The van der Waals surface area contributed by atoms with Crippen LogP contribution in [-0.2, 0) is 16.6 Å². The predicted molar refractivity (Wildman–Crippen MR) is 78.9 cm³/mol. The first kappa shape index (κ1) is 14.3. The smallest absolute Gasteiger partial charge is 0.241 e. The first-order chi connectivity index (χ1) is 8.88. The molecular formula is C12H13ClN2O2S2. The Bertz CT molecular complexity index is 696. The van der Waals surface area contributed by atoms with Crippen molar-refractivity contribution in [2.24, 2.45) is 0 Å². The average Bonchev–Trinajstić information content (AvgIpc) is 2.72. The van der Waals surface area contributed by atoms with E-state index in [1.54, 1.807) is 31.2 Å². The molecule has 0 spiro atoms. The van der Waals surface area contributed by atoms with Crippen molar-refractivity contribution in [3.05, 3.63) is 45.1 Å². The van der Waals surface area contributed by atoms with E-state index in [4.69, 9.17) is 17.3 Å². The highest BCUT2D eigenvalue weighted by Gasteiger charge is 2.16. The van der Waals surface area contributed by atoms with Gasteiger partial charge in [-0.25, -0.2) is 13.1 Å². The van der Waals surface area contributed by atoms with Crippen LogP contribution in [0.25, 0.3) is 0 Å². The number of nitrogen functional groups attached to an aromatic ring is 1. The van der Waals surface area contributed by atoms with Crippen LogP contribution >= 0.6 is 22.9 Å². The average molecular weight is 317 g/mol. The number of nitrogens with one attached hydrogen (secondary N) is 1. The van der Waals surface area contributed by atoms with Crippen molar-refractivity contribution < 1.29 is 8.42 Å². The number of aryl methyl sites for hydroxylation is 1. The Morgan fingerprint density at radius 1 is 1.32 bits per heavy atom. The summed E-state index contributed by atoms with van der Waals surface area (Å²) in [5, 5.41) is 0. The second kappa shape index (κ2) is 5.50. The van der Waals surface area contributed by atoms with Crippen LogP contribution in [0.2, 0.25) is 4.34 Å². The Balaban J connectivity index is 2.18. The molecule has 0 radical (unpaired) electrons. The number of thiophene rings is 1.